The standard InChI is InChI=1S/C10H11BrFNO/c11-7-3-8(12)5-10(4-7)14-9-1-2-13-6-9/h3-5,9,13H,1-2,6H2. The van der Waals surface area contributed by atoms with Crippen molar-refractivity contribution in [1.82, 2.24) is 5.32 Å². The van der Waals surface area contributed by atoms with Crippen LogP contribution >= 0.6 is 15.9 Å². The number of ether oxygens (including phenoxy) is 1. The van der Waals surface area contributed by atoms with Crippen LogP contribution in [0.5, 0.6) is 5.75 Å². The van der Waals surface area contributed by atoms with Gasteiger partial charge in [0, 0.05) is 17.1 Å². The number of nitrogens with one attached hydrogen (secondary N) is 1. The van der Waals surface area contributed by atoms with Crippen molar-refractivity contribution in [2.75, 3.05) is 13.1 Å². The summed E-state index contributed by atoms with van der Waals surface area (Å²) in [5.41, 5.74) is 0. The van der Waals surface area contributed by atoms with Gasteiger partial charge in [0.1, 0.15) is 17.7 Å². The summed E-state index contributed by atoms with van der Waals surface area (Å²) in [6, 6.07) is 4.60. The molecule has 1 unspecified atom stereocenters. The predicted octanol–water partition coefficient (Wildman–Crippen LogP) is 2.33. The minimum absolute atomic E-state index is 0.170. The zero-order chi connectivity index (χ0) is 9.97. The third-order valence-corrected chi connectivity index (χ3v) is 2.61. The van der Waals surface area contributed by atoms with E-state index in [4.69, 9.17) is 4.74 Å². The second kappa shape index (κ2) is 4.28. The number of halogens is 2. The van der Waals surface area contributed by atoms with Crippen LogP contribution in [0.2, 0.25) is 0 Å². The zero-order valence-electron chi connectivity index (χ0n) is 7.59. The van der Waals surface area contributed by atoms with E-state index in [9.17, 15) is 4.39 Å². The van der Waals surface area contributed by atoms with Crippen molar-refractivity contribution in [3.05, 3.63) is 28.5 Å². The van der Waals surface area contributed by atoms with E-state index in [0.717, 1.165) is 19.5 Å². The summed E-state index contributed by atoms with van der Waals surface area (Å²) < 4.78 is 19.3. The Labute approximate surface area is 90.6 Å². The van der Waals surface area contributed by atoms with Crippen molar-refractivity contribution in [3.63, 3.8) is 0 Å². The summed E-state index contributed by atoms with van der Waals surface area (Å²) in [4.78, 5) is 0. The van der Waals surface area contributed by atoms with Crippen molar-refractivity contribution in [3.8, 4) is 5.75 Å². The van der Waals surface area contributed by atoms with Crippen LogP contribution in [0.15, 0.2) is 22.7 Å². The maximum Gasteiger partial charge on any atom is 0.128 e. The molecule has 1 atom stereocenters. The molecule has 1 heterocycles. The maximum absolute atomic E-state index is 13.0. The first-order valence-electron chi connectivity index (χ1n) is 4.57. The van der Waals surface area contributed by atoms with E-state index in [2.05, 4.69) is 21.2 Å². The fourth-order valence-electron chi connectivity index (χ4n) is 1.52. The fourth-order valence-corrected chi connectivity index (χ4v) is 1.96. The van der Waals surface area contributed by atoms with Gasteiger partial charge < -0.3 is 10.1 Å². The SMILES string of the molecule is Fc1cc(Br)cc(OC2CCNC2)c1. The van der Waals surface area contributed by atoms with Gasteiger partial charge in [0.05, 0.1) is 0 Å². The number of hydrogen-bond donors (Lipinski definition) is 1. The highest BCUT2D eigenvalue weighted by atomic mass is 79.9. The molecule has 1 aromatic rings. The molecule has 0 radical (unpaired) electrons. The first kappa shape index (κ1) is 9.93. The van der Waals surface area contributed by atoms with Crippen LogP contribution < -0.4 is 10.1 Å². The molecule has 4 heteroatoms. The molecule has 1 aliphatic heterocycles. The van der Waals surface area contributed by atoms with Gasteiger partial charge in [-0.15, -0.1) is 0 Å². The van der Waals surface area contributed by atoms with E-state index < -0.39 is 0 Å². The summed E-state index contributed by atoms with van der Waals surface area (Å²) in [6.07, 6.45) is 1.15. The second-order valence-corrected chi connectivity index (χ2v) is 4.25. The molecule has 14 heavy (non-hydrogen) atoms. The summed E-state index contributed by atoms with van der Waals surface area (Å²) >= 11 is 3.23. The largest absolute Gasteiger partial charge is 0.489 e. The quantitative estimate of drug-likeness (QED) is 0.881. The van der Waals surface area contributed by atoms with Gasteiger partial charge >= 0.3 is 0 Å². The maximum atomic E-state index is 13.0. The average molecular weight is 260 g/mol. The van der Waals surface area contributed by atoms with Crippen LogP contribution in [-0.4, -0.2) is 19.2 Å². The lowest BCUT2D eigenvalue weighted by Gasteiger charge is -2.12. The number of rotatable bonds is 2. The lowest BCUT2D eigenvalue weighted by molar-refractivity contribution is 0.222. The topological polar surface area (TPSA) is 21.3 Å². The summed E-state index contributed by atoms with van der Waals surface area (Å²) in [7, 11) is 0. The minimum atomic E-state index is -0.277. The lowest BCUT2D eigenvalue weighted by Crippen LogP contribution is -2.19. The van der Waals surface area contributed by atoms with Crippen molar-refractivity contribution in [2.45, 2.75) is 12.5 Å². The minimum Gasteiger partial charge on any atom is -0.489 e. The van der Waals surface area contributed by atoms with E-state index in [0.29, 0.717) is 10.2 Å². The van der Waals surface area contributed by atoms with Gasteiger partial charge in [0.25, 0.3) is 0 Å². The molecule has 0 amide bonds. The lowest BCUT2D eigenvalue weighted by atomic mass is 10.3. The van der Waals surface area contributed by atoms with Crippen LogP contribution in [0.3, 0.4) is 0 Å². The molecule has 1 aliphatic rings. The van der Waals surface area contributed by atoms with Gasteiger partial charge in [0.2, 0.25) is 0 Å². The summed E-state index contributed by atoms with van der Waals surface area (Å²) in [5, 5.41) is 3.19. The van der Waals surface area contributed by atoms with Gasteiger partial charge in [-0.25, -0.2) is 4.39 Å². The smallest absolute Gasteiger partial charge is 0.128 e. The molecule has 0 saturated carbocycles. The molecule has 0 spiro atoms. The highest BCUT2D eigenvalue weighted by Gasteiger charge is 2.16. The Morgan fingerprint density at radius 3 is 2.93 bits per heavy atom. The van der Waals surface area contributed by atoms with Crippen LogP contribution in [0, 0.1) is 5.82 Å². The Balaban J connectivity index is 2.07. The van der Waals surface area contributed by atoms with Crippen molar-refractivity contribution in [2.24, 2.45) is 0 Å². The first-order valence-corrected chi connectivity index (χ1v) is 5.37. The summed E-state index contributed by atoms with van der Waals surface area (Å²) in [5.74, 6) is 0.311. The zero-order valence-corrected chi connectivity index (χ0v) is 9.18. The third-order valence-electron chi connectivity index (χ3n) is 2.15. The molecule has 1 aromatic carbocycles. The third kappa shape index (κ3) is 2.45. The van der Waals surface area contributed by atoms with Gasteiger partial charge in [0.15, 0.2) is 0 Å². The predicted molar refractivity (Wildman–Crippen MR) is 56.0 cm³/mol. The number of benzene rings is 1. The van der Waals surface area contributed by atoms with Gasteiger partial charge in [-0.3, -0.25) is 0 Å². The molecule has 2 nitrogen and oxygen atoms in total. The van der Waals surface area contributed by atoms with E-state index in [1.807, 2.05) is 0 Å². The highest BCUT2D eigenvalue weighted by Crippen LogP contribution is 2.22. The molecule has 1 saturated heterocycles. The molecule has 2 rings (SSSR count). The Morgan fingerprint density at radius 2 is 2.29 bits per heavy atom. The Kier molecular flexibility index (Phi) is 3.03. The van der Waals surface area contributed by atoms with E-state index in [1.54, 1.807) is 6.07 Å². The van der Waals surface area contributed by atoms with Crippen molar-refractivity contribution < 1.29 is 9.13 Å². The van der Waals surface area contributed by atoms with Crippen molar-refractivity contribution in [1.29, 1.82) is 0 Å². The average Bonchev–Trinajstić information content (AvgIpc) is 2.54. The molecular weight excluding hydrogens is 249 g/mol. The molecule has 0 aliphatic carbocycles. The molecule has 76 valence electrons. The van der Waals surface area contributed by atoms with Gasteiger partial charge in [-0.2, -0.15) is 0 Å². The molecular formula is C10H11BrFNO. The van der Waals surface area contributed by atoms with Crippen molar-refractivity contribution >= 4 is 15.9 Å². The molecule has 0 aromatic heterocycles. The monoisotopic (exact) mass is 259 g/mol. The summed E-state index contributed by atoms with van der Waals surface area (Å²) in [6.45, 7) is 1.81. The second-order valence-electron chi connectivity index (χ2n) is 3.34. The Bertz CT molecular complexity index is 306. The van der Waals surface area contributed by atoms with Gasteiger partial charge in [-0.05, 0) is 25.1 Å². The Hall–Kier alpha value is -0.610. The van der Waals surface area contributed by atoms with E-state index in [1.165, 1.54) is 12.1 Å². The van der Waals surface area contributed by atoms with Crippen LogP contribution in [-0.2, 0) is 0 Å². The highest BCUT2D eigenvalue weighted by molar-refractivity contribution is 9.10. The number of hydrogen-bond acceptors (Lipinski definition) is 2. The van der Waals surface area contributed by atoms with E-state index >= 15 is 0 Å². The van der Waals surface area contributed by atoms with Crippen LogP contribution in [0.25, 0.3) is 0 Å². The Morgan fingerprint density at radius 1 is 1.43 bits per heavy atom. The van der Waals surface area contributed by atoms with Gasteiger partial charge in [-0.1, -0.05) is 15.9 Å². The van der Waals surface area contributed by atoms with E-state index in [-0.39, 0.29) is 11.9 Å². The van der Waals surface area contributed by atoms with Crippen LogP contribution in [0.1, 0.15) is 6.42 Å². The normalized spacial score (nSPS) is 21.1. The first-order chi connectivity index (χ1) is 6.74. The van der Waals surface area contributed by atoms with Crippen LogP contribution in [0.4, 0.5) is 4.39 Å². The fraction of sp³-hybridized carbons (Fsp3) is 0.400. The molecule has 1 fully saturated rings. The molecule has 0 bridgehead atoms. The molecule has 1 N–H and O–H groups in total.